The summed E-state index contributed by atoms with van der Waals surface area (Å²) in [5.74, 6) is 0.936. The van der Waals surface area contributed by atoms with Crippen LogP contribution >= 0.6 is 0 Å². The molecule has 0 aliphatic rings. The second-order valence-electron chi connectivity index (χ2n) is 2.94. The Morgan fingerprint density at radius 2 is 2.15 bits per heavy atom. The van der Waals surface area contributed by atoms with E-state index < -0.39 is 0 Å². The summed E-state index contributed by atoms with van der Waals surface area (Å²) in [7, 11) is 0. The molecule has 1 heteroatoms. The molecular weight excluding hydrogens is 160 g/mol. The summed E-state index contributed by atoms with van der Waals surface area (Å²) >= 11 is 0. The van der Waals surface area contributed by atoms with Gasteiger partial charge in [0, 0.05) is 5.56 Å². The lowest BCUT2D eigenvalue weighted by Gasteiger charge is -2.07. The maximum atomic E-state index is 5.60. The van der Waals surface area contributed by atoms with Crippen molar-refractivity contribution in [3.8, 4) is 5.75 Å². The minimum atomic E-state index is 0.793. The average molecular weight is 176 g/mol. The first-order valence-corrected chi connectivity index (χ1v) is 4.72. The number of hydrogen-bond acceptors (Lipinski definition) is 1. The highest BCUT2D eigenvalue weighted by molar-refractivity contribution is 5.55. The molecule has 0 unspecified atom stereocenters. The van der Waals surface area contributed by atoms with Crippen molar-refractivity contribution < 1.29 is 4.74 Å². The van der Waals surface area contributed by atoms with Crippen LogP contribution in [0.4, 0.5) is 0 Å². The minimum Gasteiger partial charge on any atom is -0.493 e. The van der Waals surface area contributed by atoms with Gasteiger partial charge >= 0.3 is 0 Å². The molecule has 0 spiro atoms. The predicted molar refractivity (Wildman–Crippen MR) is 56.9 cm³/mol. The van der Waals surface area contributed by atoms with Crippen molar-refractivity contribution in [2.24, 2.45) is 0 Å². The molecule has 0 aliphatic heterocycles. The van der Waals surface area contributed by atoms with Crippen LogP contribution in [0, 0.1) is 0 Å². The number of hydrogen-bond donors (Lipinski definition) is 0. The molecule has 1 rings (SSSR count). The second-order valence-corrected chi connectivity index (χ2v) is 2.94. The monoisotopic (exact) mass is 176 g/mol. The van der Waals surface area contributed by atoms with E-state index in [1.807, 2.05) is 30.3 Å². The van der Waals surface area contributed by atoms with Crippen LogP contribution in [0.3, 0.4) is 0 Å². The number of rotatable bonds is 5. The number of benzene rings is 1. The Balaban J connectivity index is 2.59. The van der Waals surface area contributed by atoms with Gasteiger partial charge in [-0.2, -0.15) is 0 Å². The van der Waals surface area contributed by atoms with E-state index in [2.05, 4.69) is 13.5 Å². The standard InChI is InChI=1S/C12H16O/c1-3-5-10-13-12-9-7-6-8-11(12)4-2/h4,6-9H,2-3,5,10H2,1H3. The zero-order valence-corrected chi connectivity index (χ0v) is 8.12. The molecule has 0 saturated carbocycles. The third-order valence-electron chi connectivity index (χ3n) is 1.89. The molecule has 0 aliphatic carbocycles. The van der Waals surface area contributed by atoms with Crippen LogP contribution in [0.1, 0.15) is 25.3 Å². The van der Waals surface area contributed by atoms with Gasteiger partial charge in [-0.25, -0.2) is 0 Å². The van der Waals surface area contributed by atoms with Crippen molar-refractivity contribution >= 4 is 6.08 Å². The fourth-order valence-electron chi connectivity index (χ4n) is 1.11. The molecule has 0 fully saturated rings. The largest absolute Gasteiger partial charge is 0.493 e. The summed E-state index contributed by atoms with van der Waals surface area (Å²) in [5.41, 5.74) is 1.07. The molecule has 0 atom stereocenters. The Kier molecular flexibility index (Phi) is 4.10. The van der Waals surface area contributed by atoms with Crippen LogP contribution in [0.5, 0.6) is 5.75 Å². The molecule has 0 bridgehead atoms. The summed E-state index contributed by atoms with van der Waals surface area (Å²) in [5, 5.41) is 0. The van der Waals surface area contributed by atoms with Crippen LogP contribution in [0.15, 0.2) is 30.8 Å². The third kappa shape index (κ3) is 2.94. The Labute approximate surface area is 80.0 Å². The van der Waals surface area contributed by atoms with Gasteiger partial charge in [0.1, 0.15) is 5.75 Å². The highest BCUT2D eigenvalue weighted by Crippen LogP contribution is 2.18. The highest BCUT2D eigenvalue weighted by Gasteiger charge is 1.97. The van der Waals surface area contributed by atoms with Crippen LogP contribution in [0.25, 0.3) is 6.08 Å². The van der Waals surface area contributed by atoms with E-state index in [0.29, 0.717) is 0 Å². The molecular formula is C12H16O. The Morgan fingerprint density at radius 1 is 1.38 bits per heavy atom. The van der Waals surface area contributed by atoms with E-state index in [-0.39, 0.29) is 0 Å². The Morgan fingerprint density at radius 3 is 2.85 bits per heavy atom. The van der Waals surface area contributed by atoms with Gasteiger partial charge in [-0.15, -0.1) is 0 Å². The highest BCUT2D eigenvalue weighted by atomic mass is 16.5. The lowest BCUT2D eigenvalue weighted by molar-refractivity contribution is 0.309. The number of ether oxygens (including phenoxy) is 1. The van der Waals surface area contributed by atoms with Crippen molar-refractivity contribution in [1.82, 2.24) is 0 Å². The maximum Gasteiger partial charge on any atom is 0.126 e. The van der Waals surface area contributed by atoms with E-state index in [1.165, 1.54) is 0 Å². The van der Waals surface area contributed by atoms with Gasteiger partial charge in [-0.3, -0.25) is 0 Å². The summed E-state index contributed by atoms with van der Waals surface area (Å²) < 4.78 is 5.60. The van der Waals surface area contributed by atoms with Gasteiger partial charge in [-0.05, 0) is 12.5 Å². The van der Waals surface area contributed by atoms with Crippen LogP contribution < -0.4 is 4.74 Å². The normalized spacial score (nSPS) is 9.62. The lowest BCUT2D eigenvalue weighted by Crippen LogP contribution is -1.97. The van der Waals surface area contributed by atoms with Crippen molar-refractivity contribution in [3.05, 3.63) is 36.4 Å². The first-order chi connectivity index (χ1) is 6.38. The lowest BCUT2D eigenvalue weighted by atomic mass is 10.2. The smallest absolute Gasteiger partial charge is 0.126 e. The van der Waals surface area contributed by atoms with Gasteiger partial charge in [0.2, 0.25) is 0 Å². The minimum absolute atomic E-state index is 0.793. The van der Waals surface area contributed by atoms with Crippen LogP contribution in [-0.2, 0) is 0 Å². The van der Waals surface area contributed by atoms with Crippen LogP contribution in [0.2, 0.25) is 0 Å². The molecule has 13 heavy (non-hydrogen) atoms. The maximum absolute atomic E-state index is 5.60. The molecule has 1 aromatic carbocycles. The van der Waals surface area contributed by atoms with Crippen LogP contribution in [-0.4, -0.2) is 6.61 Å². The van der Waals surface area contributed by atoms with Gasteiger partial charge in [-0.1, -0.05) is 44.2 Å². The van der Waals surface area contributed by atoms with E-state index in [1.54, 1.807) is 0 Å². The molecule has 0 radical (unpaired) electrons. The topological polar surface area (TPSA) is 9.23 Å². The Bertz CT molecular complexity index is 266. The molecule has 0 saturated heterocycles. The van der Waals surface area contributed by atoms with E-state index in [9.17, 15) is 0 Å². The summed E-state index contributed by atoms with van der Waals surface area (Å²) in [4.78, 5) is 0. The molecule has 1 nitrogen and oxygen atoms in total. The summed E-state index contributed by atoms with van der Waals surface area (Å²) in [6.07, 6.45) is 4.09. The Hall–Kier alpha value is -1.24. The molecule has 0 heterocycles. The number of unbranched alkanes of at least 4 members (excludes halogenated alkanes) is 1. The fraction of sp³-hybridized carbons (Fsp3) is 0.333. The zero-order chi connectivity index (χ0) is 9.52. The first-order valence-electron chi connectivity index (χ1n) is 4.72. The van der Waals surface area contributed by atoms with Gasteiger partial charge < -0.3 is 4.74 Å². The quantitative estimate of drug-likeness (QED) is 0.624. The van der Waals surface area contributed by atoms with E-state index in [4.69, 9.17) is 4.74 Å². The van der Waals surface area contributed by atoms with Gasteiger partial charge in [0.25, 0.3) is 0 Å². The molecule has 70 valence electrons. The van der Waals surface area contributed by atoms with E-state index in [0.717, 1.165) is 30.8 Å². The average Bonchev–Trinajstić information content (AvgIpc) is 2.19. The van der Waals surface area contributed by atoms with Gasteiger partial charge in [0.15, 0.2) is 0 Å². The van der Waals surface area contributed by atoms with Gasteiger partial charge in [0.05, 0.1) is 6.61 Å². The first kappa shape index (κ1) is 9.85. The zero-order valence-electron chi connectivity index (χ0n) is 8.12. The SMILES string of the molecule is C=Cc1ccccc1OCCCC. The third-order valence-corrected chi connectivity index (χ3v) is 1.89. The fourth-order valence-corrected chi connectivity index (χ4v) is 1.11. The summed E-state index contributed by atoms with van der Waals surface area (Å²) in [6, 6.07) is 7.96. The molecule has 0 amide bonds. The predicted octanol–water partition coefficient (Wildman–Crippen LogP) is 3.51. The van der Waals surface area contributed by atoms with Crippen molar-refractivity contribution in [3.63, 3.8) is 0 Å². The van der Waals surface area contributed by atoms with Crippen molar-refractivity contribution in [2.45, 2.75) is 19.8 Å². The number of para-hydroxylation sites is 1. The molecule has 0 N–H and O–H groups in total. The van der Waals surface area contributed by atoms with E-state index >= 15 is 0 Å². The molecule has 0 aromatic heterocycles. The molecule has 1 aromatic rings. The summed E-state index contributed by atoms with van der Waals surface area (Å²) in [6.45, 7) is 6.69. The second kappa shape index (κ2) is 5.41. The van der Waals surface area contributed by atoms with Crippen molar-refractivity contribution in [1.29, 1.82) is 0 Å². The van der Waals surface area contributed by atoms with Crippen molar-refractivity contribution in [2.75, 3.05) is 6.61 Å².